The molecule has 0 aliphatic heterocycles. The minimum Gasteiger partial charge on any atom is -0.380 e. The third kappa shape index (κ3) is 10.3. The molecule has 0 amide bonds. The Morgan fingerprint density at radius 3 is 2.64 bits per heavy atom. The fourth-order valence-electron chi connectivity index (χ4n) is 1.14. The van der Waals surface area contributed by atoms with Crippen molar-refractivity contribution in [1.82, 2.24) is 5.32 Å². The Morgan fingerprint density at radius 2 is 2.07 bits per heavy atom. The van der Waals surface area contributed by atoms with Gasteiger partial charge in [-0.3, -0.25) is 0 Å². The Labute approximate surface area is 93.4 Å². The largest absolute Gasteiger partial charge is 0.380 e. The van der Waals surface area contributed by atoms with Crippen molar-refractivity contribution in [3.8, 4) is 0 Å². The molecule has 0 aromatic carbocycles. The first kappa shape index (κ1) is 14.2. The lowest BCUT2D eigenvalue weighted by molar-refractivity contribution is 0.112. The Balaban J connectivity index is 3.05. The zero-order chi connectivity index (χ0) is 10.8. The topological polar surface area (TPSA) is 21.3 Å². The average molecular weight is 222 g/mol. The van der Waals surface area contributed by atoms with E-state index in [-0.39, 0.29) is 5.38 Å². The number of halogens is 1. The van der Waals surface area contributed by atoms with Crippen LogP contribution in [0.25, 0.3) is 0 Å². The number of rotatable bonds is 9. The molecule has 0 aromatic heterocycles. The van der Waals surface area contributed by atoms with Crippen LogP contribution in [0.2, 0.25) is 0 Å². The normalized spacial score (nSPS) is 13.5. The van der Waals surface area contributed by atoms with E-state index in [1.165, 1.54) is 0 Å². The quantitative estimate of drug-likeness (QED) is 0.478. The van der Waals surface area contributed by atoms with E-state index in [1.54, 1.807) is 0 Å². The second-order valence-electron chi connectivity index (χ2n) is 4.06. The van der Waals surface area contributed by atoms with Crippen LogP contribution in [0.15, 0.2) is 0 Å². The van der Waals surface area contributed by atoms with Crippen molar-refractivity contribution in [3.63, 3.8) is 0 Å². The van der Waals surface area contributed by atoms with E-state index in [1.807, 2.05) is 0 Å². The molecule has 1 N–H and O–H groups in total. The van der Waals surface area contributed by atoms with Crippen molar-refractivity contribution >= 4 is 11.6 Å². The molecule has 3 heteroatoms. The summed E-state index contributed by atoms with van der Waals surface area (Å²) in [6, 6.07) is 0. The molecule has 0 aliphatic carbocycles. The van der Waals surface area contributed by atoms with Crippen LogP contribution in [-0.4, -0.2) is 31.7 Å². The molecular weight excluding hydrogens is 198 g/mol. The van der Waals surface area contributed by atoms with E-state index in [9.17, 15) is 0 Å². The van der Waals surface area contributed by atoms with E-state index in [4.69, 9.17) is 16.3 Å². The molecule has 14 heavy (non-hydrogen) atoms. The van der Waals surface area contributed by atoms with Crippen LogP contribution in [0.3, 0.4) is 0 Å². The maximum Gasteiger partial charge on any atom is 0.0591 e. The van der Waals surface area contributed by atoms with Crippen LogP contribution in [-0.2, 0) is 4.74 Å². The molecule has 0 fully saturated rings. The second-order valence-corrected chi connectivity index (χ2v) is 4.68. The predicted octanol–water partition coefficient (Wildman–Crippen LogP) is 2.66. The molecule has 0 heterocycles. The van der Waals surface area contributed by atoms with E-state index >= 15 is 0 Å². The van der Waals surface area contributed by atoms with Crippen molar-refractivity contribution in [2.75, 3.05) is 26.3 Å². The molecule has 0 saturated heterocycles. The SMILES string of the molecule is CCCC(Cl)CNCCOCC(C)C. The fourth-order valence-corrected chi connectivity index (χ4v) is 1.46. The fraction of sp³-hybridized carbons (Fsp3) is 1.00. The van der Waals surface area contributed by atoms with Gasteiger partial charge in [0, 0.05) is 25.1 Å². The van der Waals surface area contributed by atoms with E-state index < -0.39 is 0 Å². The first-order valence-electron chi connectivity index (χ1n) is 5.59. The second kappa shape index (κ2) is 9.75. The van der Waals surface area contributed by atoms with Crippen molar-refractivity contribution in [3.05, 3.63) is 0 Å². The Morgan fingerprint density at radius 1 is 1.36 bits per heavy atom. The van der Waals surface area contributed by atoms with Gasteiger partial charge < -0.3 is 10.1 Å². The summed E-state index contributed by atoms with van der Waals surface area (Å²) in [7, 11) is 0. The molecule has 0 aliphatic rings. The zero-order valence-electron chi connectivity index (χ0n) is 9.68. The molecule has 1 atom stereocenters. The van der Waals surface area contributed by atoms with Crippen molar-refractivity contribution in [2.45, 2.75) is 39.0 Å². The summed E-state index contributed by atoms with van der Waals surface area (Å²) in [4.78, 5) is 0. The summed E-state index contributed by atoms with van der Waals surface area (Å²) < 4.78 is 5.43. The number of hydrogen-bond donors (Lipinski definition) is 1. The minimum atomic E-state index is 0.269. The Bertz CT molecular complexity index is 120. The number of nitrogens with one attached hydrogen (secondary N) is 1. The summed E-state index contributed by atoms with van der Waals surface area (Å²) in [6.45, 7) is 9.89. The first-order chi connectivity index (χ1) is 6.66. The summed E-state index contributed by atoms with van der Waals surface area (Å²) in [5.74, 6) is 0.621. The lowest BCUT2D eigenvalue weighted by atomic mass is 10.2. The third-order valence-corrected chi connectivity index (χ3v) is 2.21. The molecule has 0 rings (SSSR count). The highest BCUT2D eigenvalue weighted by atomic mass is 35.5. The zero-order valence-corrected chi connectivity index (χ0v) is 10.4. The third-order valence-electron chi connectivity index (χ3n) is 1.84. The van der Waals surface area contributed by atoms with Gasteiger partial charge in [-0.05, 0) is 12.3 Å². The van der Waals surface area contributed by atoms with Gasteiger partial charge in [0.2, 0.25) is 0 Å². The number of hydrogen-bond acceptors (Lipinski definition) is 2. The maximum absolute atomic E-state index is 6.04. The summed E-state index contributed by atoms with van der Waals surface area (Å²) >= 11 is 6.04. The molecule has 0 radical (unpaired) electrons. The van der Waals surface area contributed by atoms with Gasteiger partial charge in [0.05, 0.1) is 6.61 Å². The number of alkyl halides is 1. The first-order valence-corrected chi connectivity index (χ1v) is 6.03. The monoisotopic (exact) mass is 221 g/mol. The average Bonchev–Trinajstić information content (AvgIpc) is 2.11. The van der Waals surface area contributed by atoms with Crippen LogP contribution in [0, 0.1) is 5.92 Å². The molecule has 1 unspecified atom stereocenters. The molecule has 86 valence electrons. The van der Waals surface area contributed by atoms with Gasteiger partial charge in [0.1, 0.15) is 0 Å². The summed E-state index contributed by atoms with van der Waals surface area (Å²) in [5.41, 5.74) is 0. The Kier molecular flexibility index (Phi) is 9.90. The predicted molar refractivity (Wildman–Crippen MR) is 63.1 cm³/mol. The highest BCUT2D eigenvalue weighted by molar-refractivity contribution is 6.20. The minimum absolute atomic E-state index is 0.269. The van der Waals surface area contributed by atoms with E-state index in [0.29, 0.717) is 5.92 Å². The van der Waals surface area contributed by atoms with Crippen LogP contribution < -0.4 is 5.32 Å². The van der Waals surface area contributed by atoms with Crippen LogP contribution in [0.4, 0.5) is 0 Å². The smallest absolute Gasteiger partial charge is 0.0591 e. The van der Waals surface area contributed by atoms with Gasteiger partial charge in [0.15, 0.2) is 0 Å². The van der Waals surface area contributed by atoms with E-state index in [2.05, 4.69) is 26.1 Å². The van der Waals surface area contributed by atoms with Crippen molar-refractivity contribution < 1.29 is 4.74 Å². The van der Waals surface area contributed by atoms with Crippen LogP contribution in [0.5, 0.6) is 0 Å². The lowest BCUT2D eigenvalue weighted by Crippen LogP contribution is -2.27. The summed E-state index contributed by atoms with van der Waals surface area (Å²) in [5, 5.41) is 3.56. The molecule has 0 aromatic rings. The summed E-state index contributed by atoms with van der Waals surface area (Å²) in [6.07, 6.45) is 2.24. The number of ether oxygens (including phenoxy) is 1. The Hall–Kier alpha value is 0.210. The maximum atomic E-state index is 6.04. The lowest BCUT2D eigenvalue weighted by Gasteiger charge is -2.10. The molecule has 0 bridgehead atoms. The van der Waals surface area contributed by atoms with Gasteiger partial charge in [-0.2, -0.15) is 0 Å². The van der Waals surface area contributed by atoms with Gasteiger partial charge in [-0.15, -0.1) is 11.6 Å². The standard InChI is InChI=1S/C11H24ClNO/c1-4-5-11(12)8-13-6-7-14-9-10(2)3/h10-11,13H,4-9H2,1-3H3. The van der Waals surface area contributed by atoms with Gasteiger partial charge in [0.25, 0.3) is 0 Å². The van der Waals surface area contributed by atoms with Crippen molar-refractivity contribution in [2.24, 2.45) is 5.92 Å². The molecule has 0 spiro atoms. The van der Waals surface area contributed by atoms with Gasteiger partial charge >= 0.3 is 0 Å². The van der Waals surface area contributed by atoms with E-state index in [0.717, 1.165) is 39.1 Å². The van der Waals surface area contributed by atoms with Crippen LogP contribution in [0.1, 0.15) is 33.6 Å². The van der Waals surface area contributed by atoms with Gasteiger partial charge in [-0.25, -0.2) is 0 Å². The van der Waals surface area contributed by atoms with Crippen molar-refractivity contribution in [1.29, 1.82) is 0 Å². The molecule has 0 saturated carbocycles. The molecular formula is C11H24ClNO. The van der Waals surface area contributed by atoms with Gasteiger partial charge in [-0.1, -0.05) is 27.2 Å². The highest BCUT2D eigenvalue weighted by Gasteiger charge is 2.01. The highest BCUT2D eigenvalue weighted by Crippen LogP contribution is 2.02. The molecule has 2 nitrogen and oxygen atoms in total. The van der Waals surface area contributed by atoms with Crippen LogP contribution >= 0.6 is 11.6 Å².